The maximum atomic E-state index is 12.0. The van der Waals surface area contributed by atoms with Crippen molar-refractivity contribution in [2.75, 3.05) is 23.9 Å². The highest BCUT2D eigenvalue weighted by Crippen LogP contribution is 2.43. The predicted octanol–water partition coefficient (Wildman–Crippen LogP) is 5.29. The van der Waals surface area contributed by atoms with Gasteiger partial charge in [0.1, 0.15) is 6.61 Å². The van der Waals surface area contributed by atoms with Crippen LogP contribution < -0.4 is 15.5 Å². The number of anilines is 2. The number of carbonyl (C=O) groups excluding carboxylic acids is 1. The predicted molar refractivity (Wildman–Crippen MR) is 146 cm³/mol. The largest absolute Gasteiger partial charge is 0.375 e. The lowest BCUT2D eigenvalue weighted by Gasteiger charge is -2.27. The van der Waals surface area contributed by atoms with Crippen molar-refractivity contribution in [1.82, 2.24) is 14.9 Å². The topological polar surface area (TPSA) is 71.4 Å². The van der Waals surface area contributed by atoms with Crippen molar-refractivity contribution < 1.29 is 9.53 Å². The molecule has 1 aliphatic heterocycles. The van der Waals surface area contributed by atoms with Crippen molar-refractivity contribution in [3.63, 3.8) is 0 Å². The molecular formula is C27H24ClN5O2S. The number of halogens is 1. The van der Waals surface area contributed by atoms with Gasteiger partial charge in [-0.1, -0.05) is 35.9 Å². The van der Waals surface area contributed by atoms with Gasteiger partial charge < -0.3 is 24.8 Å². The Morgan fingerprint density at radius 3 is 2.64 bits per heavy atom. The van der Waals surface area contributed by atoms with E-state index in [2.05, 4.69) is 44.6 Å². The van der Waals surface area contributed by atoms with Crippen molar-refractivity contribution in [3.8, 4) is 5.69 Å². The number of amides is 1. The van der Waals surface area contributed by atoms with E-state index in [1.54, 1.807) is 18.3 Å². The first-order chi connectivity index (χ1) is 17.5. The maximum Gasteiger partial charge on any atom is 0.250 e. The Balaban J connectivity index is 1.53. The fraction of sp³-hybridized carbons (Fsp3) is 0.148. The van der Waals surface area contributed by atoms with E-state index in [0.717, 1.165) is 22.6 Å². The summed E-state index contributed by atoms with van der Waals surface area (Å²) in [4.78, 5) is 18.6. The molecule has 1 saturated heterocycles. The zero-order valence-electron chi connectivity index (χ0n) is 19.5. The van der Waals surface area contributed by atoms with Crippen LogP contribution in [0, 0.1) is 0 Å². The fourth-order valence-electron chi connectivity index (χ4n) is 4.39. The number of benzene rings is 2. The van der Waals surface area contributed by atoms with Gasteiger partial charge in [-0.05, 0) is 66.3 Å². The van der Waals surface area contributed by atoms with Gasteiger partial charge in [-0.25, -0.2) is 0 Å². The Labute approximate surface area is 219 Å². The third kappa shape index (κ3) is 4.83. The number of aromatic nitrogens is 2. The number of methoxy groups -OCH3 is 1. The van der Waals surface area contributed by atoms with Crippen LogP contribution in [0.1, 0.15) is 23.3 Å². The minimum absolute atomic E-state index is 0.0511. The number of ether oxygens (including phenoxy) is 1. The summed E-state index contributed by atoms with van der Waals surface area (Å²) in [5, 5.41) is 7.19. The number of pyridine rings is 1. The molecule has 2 aromatic carbocycles. The highest BCUT2D eigenvalue weighted by atomic mass is 35.5. The van der Waals surface area contributed by atoms with E-state index in [1.807, 2.05) is 53.6 Å². The summed E-state index contributed by atoms with van der Waals surface area (Å²) < 4.78 is 6.98. The third-order valence-corrected chi connectivity index (χ3v) is 6.62. The number of nitrogens with one attached hydrogen (secondary N) is 2. The molecule has 0 radical (unpaired) electrons. The number of hydrogen-bond acceptors (Lipinski definition) is 4. The van der Waals surface area contributed by atoms with E-state index < -0.39 is 0 Å². The normalized spacial score (nSPS) is 17.2. The van der Waals surface area contributed by atoms with Gasteiger partial charge in [-0.2, -0.15) is 0 Å². The molecule has 7 nitrogen and oxygen atoms in total. The summed E-state index contributed by atoms with van der Waals surface area (Å²) in [7, 11) is 1.47. The number of thiocarbonyl (C=S) groups is 1. The average Bonchev–Trinajstić information content (AvgIpc) is 3.51. The summed E-state index contributed by atoms with van der Waals surface area (Å²) in [5.74, 6) is -0.277. The molecule has 1 fully saturated rings. The van der Waals surface area contributed by atoms with Gasteiger partial charge in [-0.15, -0.1) is 0 Å². The van der Waals surface area contributed by atoms with E-state index in [4.69, 9.17) is 28.6 Å². The fourth-order valence-corrected chi connectivity index (χ4v) is 4.96. The van der Waals surface area contributed by atoms with Crippen LogP contribution in [-0.4, -0.2) is 34.3 Å². The van der Waals surface area contributed by atoms with E-state index in [1.165, 1.54) is 7.11 Å². The van der Waals surface area contributed by atoms with Crippen LogP contribution >= 0.6 is 23.8 Å². The van der Waals surface area contributed by atoms with Crippen LogP contribution in [-0.2, 0) is 9.53 Å². The molecule has 2 atom stereocenters. The molecule has 9 heteroatoms. The van der Waals surface area contributed by atoms with Crippen LogP contribution in [0.15, 0.2) is 91.4 Å². The lowest BCUT2D eigenvalue weighted by atomic mass is 9.98. The van der Waals surface area contributed by atoms with Gasteiger partial charge >= 0.3 is 0 Å². The van der Waals surface area contributed by atoms with E-state index >= 15 is 0 Å². The Bertz CT molecular complexity index is 1380. The Hall–Kier alpha value is -3.72. The molecule has 1 amide bonds. The maximum absolute atomic E-state index is 12.0. The quantitative estimate of drug-likeness (QED) is 0.325. The van der Waals surface area contributed by atoms with Gasteiger partial charge in [0.05, 0.1) is 28.5 Å². The van der Waals surface area contributed by atoms with Gasteiger partial charge in [0.15, 0.2) is 5.11 Å². The smallest absolute Gasteiger partial charge is 0.250 e. The summed E-state index contributed by atoms with van der Waals surface area (Å²) in [6.07, 6.45) is 5.93. The molecule has 0 aliphatic carbocycles. The summed E-state index contributed by atoms with van der Waals surface area (Å²) in [5.41, 5.74) is 4.33. The molecule has 2 aromatic heterocycles. The number of para-hydroxylation sites is 1. The van der Waals surface area contributed by atoms with Crippen LogP contribution in [0.3, 0.4) is 0 Å². The molecule has 5 rings (SSSR count). The van der Waals surface area contributed by atoms with Gasteiger partial charge in [0, 0.05) is 37.1 Å². The van der Waals surface area contributed by atoms with E-state index in [0.29, 0.717) is 15.8 Å². The molecule has 0 saturated carbocycles. The van der Waals surface area contributed by atoms with Gasteiger partial charge in [0.2, 0.25) is 5.91 Å². The van der Waals surface area contributed by atoms with Crippen LogP contribution in [0.25, 0.3) is 5.69 Å². The molecule has 4 aromatic rings. The highest BCUT2D eigenvalue weighted by Gasteiger charge is 2.41. The summed E-state index contributed by atoms with van der Waals surface area (Å²) in [6.45, 7) is -0.0511. The molecule has 182 valence electrons. The minimum atomic E-state index is -0.277. The first kappa shape index (κ1) is 24.0. The van der Waals surface area contributed by atoms with Gasteiger partial charge in [-0.3, -0.25) is 9.78 Å². The first-order valence-electron chi connectivity index (χ1n) is 11.4. The van der Waals surface area contributed by atoms with E-state index in [-0.39, 0.29) is 24.6 Å². The van der Waals surface area contributed by atoms with Crippen molar-refractivity contribution in [3.05, 3.63) is 108 Å². The molecule has 1 aliphatic rings. The molecular weight excluding hydrogens is 494 g/mol. The zero-order chi connectivity index (χ0) is 25.1. The Kier molecular flexibility index (Phi) is 6.99. The highest BCUT2D eigenvalue weighted by molar-refractivity contribution is 7.80. The third-order valence-electron chi connectivity index (χ3n) is 5.99. The molecule has 3 heterocycles. The van der Waals surface area contributed by atoms with Crippen molar-refractivity contribution in [1.29, 1.82) is 0 Å². The summed E-state index contributed by atoms with van der Waals surface area (Å²) >= 11 is 12.4. The first-order valence-corrected chi connectivity index (χ1v) is 12.2. The van der Waals surface area contributed by atoms with Crippen LogP contribution in [0.5, 0.6) is 0 Å². The average molecular weight is 518 g/mol. The van der Waals surface area contributed by atoms with E-state index in [9.17, 15) is 4.79 Å². The van der Waals surface area contributed by atoms with Crippen molar-refractivity contribution >= 4 is 46.2 Å². The number of nitrogens with zero attached hydrogens (tertiary/aromatic N) is 3. The second kappa shape index (κ2) is 10.5. The Morgan fingerprint density at radius 2 is 1.92 bits per heavy atom. The molecule has 36 heavy (non-hydrogen) atoms. The SMILES string of the molecule is COCC(=O)Nc1ccc(N2C(=S)N[C@@H](c3ccccn3)[C@H]2c2ccn(-c3ccccc3)c2)cc1Cl. The molecule has 0 bridgehead atoms. The lowest BCUT2D eigenvalue weighted by molar-refractivity contribution is -0.119. The second-order valence-corrected chi connectivity index (χ2v) is 9.12. The standard InChI is InChI=1S/C27H24ClN5O2S/c1-35-17-24(34)30-22-11-10-20(15-21(22)28)33-26(25(31-27(33)36)23-9-5-6-13-29-23)18-12-14-32(16-18)19-7-3-2-4-8-19/h2-16,25-26H,17H2,1H3,(H,30,34)(H,31,36)/t25-,26+/m0/s1. The molecule has 0 unspecified atom stereocenters. The zero-order valence-corrected chi connectivity index (χ0v) is 21.0. The number of hydrogen-bond donors (Lipinski definition) is 2. The van der Waals surface area contributed by atoms with Crippen molar-refractivity contribution in [2.45, 2.75) is 12.1 Å². The van der Waals surface area contributed by atoms with Gasteiger partial charge in [0.25, 0.3) is 0 Å². The molecule has 0 spiro atoms. The number of rotatable bonds is 7. The Morgan fingerprint density at radius 1 is 1.11 bits per heavy atom. The van der Waals surface area contributed by atoms with Crippen molar-refractivity contribution in [2.24, 2.45) is 0 Å². The number of carbonyl (C=O) groups is 1. The minimum Gasteiger partial charge on any atom is -0.375 e. The van der Waals surface area contributed by atoms with Crippen LogP contribution in [0.4, 0.5) is 11.4 Å². The second-order valence-electron chi connectivity index (χ2n) is 8.33. The lowest BCUT2D eigenvalue weighted by Crippen LogP contribution is -2.29. The monoisotopic (exact) mass is 517 g/mol. The molecule has 2 N–H and O–H groups in total. The van der Waals surface area contributed by atoms with Crippen LogP contribution in [0.2, 0.25) is 5.02 Å². The summed E-state index contributed by atoms with van der Waals surface area (Å²) in [6, 6.07) is 23.2.